The number of tetrazole rings is 1. The van der Waals surface area contributed by atoms with Gasteiger partial charge in [0, 0.05) is 19.6 Å². The van der Waals surface area contributed by atoms with E-state index in [-0.39, 0.29) is 18.3 Å². The molecule has 1 fully saturated rings. The first-order valence-electron chi connectivity index (χ1n) is 7.50. The smallest absolute Gasteiger partial charge is 0.216 e. The first-order valence-corrected chi connectivity index (χ1v) is 9.11. The summed E-state index contributed by atoms with van der Waals surface area (Å²) in [6.45, 7) is 2.17. The molecule has 0 bridgehead atoms. The molecular formula is C14H20N6O2S. The highest BCUT2D eigenvalue weighted by Crippen LogP contribution is 2.27. The molecule has 2 aromatic rings. The molecule has 1 aliphatic heterocycles. The minimum atomic E-state index is -3.39. The molecule has 1 aromatic heterocycles. The van der Waals surface area contributed by atoms with Gasteiger partial charge in [-0.25, -0.2) is 13.1 Å². The Bertz CT molecular complexity index is 719. The van der Waals surface area contributed by atoms with Gasteiger partial charge in [0.25, 0.3) is 0 Å². The highest BCUT2D eigenvalue weighted by atomic mass is 32.2. The Kier molecular flexibility index (Phi) is 4.69. The summed E-state index contributed by atoms with van der Waals surface area (Å²) in [5.41, 5.74) is 1.02. The molecule has 1 unspecified atom stereocenters. The molecule has 1 aliphatic rings. The fraction of sp³-hybridized carbons (Fsp3) is 0.500. The summed E-state index contributed by atoms with van der Waals surface area (Å²) in [7, 11) is -1.38. The summed E-state index contributed by atoms with van der Waals surface area (Å²) in [5, 5.41) is 10.8. The Labute approximate surface area is 135 Å². The van der Waals surface area contributed by atoms with Gasteiger partial charge in [-0.15, -0.1) is 5.10 Å². The molecular weight excluding hydrogens is 316 g/mol. The fourth-order valence-electron chi connectivity index (χ4n) is 2.79. The van der Waals surface area contributed by atoms with E-state index in [0.717, 1.165) is 12.1 Å². The van der Waals surface area contributed by atoms with Gasteiger partial charge in [0.1, 0.15) is 6.33 Å². The Morgan fingerprint density at radius 3 is 2.70 bits per heavy atom. The lowest BCUT2D eigenvalue weighted by Crippen LogP contribution is -2.50. The van der Waals surface area contributed by atoms with E-state index in [2.05, 4.69) is 20.4 Å². The predicted molar refractivity (Wildman–Crippen MR) is 85.0 cm³/mol. The summed E-state index contributed by atoms with van der Waals surface area (Å²) in [5.74, 6) is -0.00884. The highest BCUT2D eigenvalue weighted by Gasteiger charge is 2.34. The van der Waals surface area contributed by atoms with E-state index in [1.807, 2.05) is 37.4 Å². The van der Waals surface area contributed by atoms with Crippen molar-refractivity contribution < 1.29 is 8.42 Å². The molecule has 0 aliphatic carbocycles. The number of nitrogens with zero attached hydrogens (tertiary/aromatic N) is 6. The number of sulfonamides is 1. The molecule has 0 N–H and O–H groups in total. The molecule has 3 rings (SSSR count). The minimum absolute atomic E-state index is 0.00884. The summed E-state index contributed by atoms with van der Waals surface area (Å²) in [6, 6.07) is 9.62. The number of hydrogen-bond donors (Lipinski definition) is 0. The van der Waals surface area contributed by atoms with Gasteiger partial charge >= 0.3 is 0 Å². The zero-order valence-electron chi connectivity index (χ0n) is 13.0. The molecule has 8 nitrogen and oxygen atoms in total. The molecule has 23 heavy (non-hydrogen) atoms. The zero-order chi connectivity index (χ0) is 16.3. The molecule has 0 saturated carbocycles. The third kappa shape index (κ3) is 3.74. The number of likely N-dealkylation sites (N-methyl/N-ethyl adjacent to an activating group) is 1. The predicted octanol–water partition coefficient (Wildman–Crippen LogP) is -0.00840. The van der Waals surface area contributed by atoms with Gasteiger partial charge in [0.15, 0.2) is 0 Å². The van der Waals surface area contributed by atoms with Gasteiger partial charge in [-0.2, -0.15) is 4.31 Å². The quantitative estimate of drug-likeness (QED) is 0.764. The fourth-order valence-corrected chi connectivity index (χ4v) is 4.38. The third-order valence-corrected chi connectivity index (χ3v) is 5.90. The first kappa shape index (κ1) is 16.0. The number of rotatable bonds is 5. The van der Waals surface area contributed by atoms with Gasteiger partial charge in [0.2, 0.25) is 10.0 Å². The third-order valence-electron chi connectivity index (χ3n) is 4.05. The lowest BCUT2D eigenvalue weighted by atomic mass is 10.1. The lowest BCUT2D eigenvalue weighted by Gasteiger charge is -2.39. The van der Waals surface area contributed by atoms with E-state index in [4.69, 9.17) is 0 Å². The van der Waals surface area contributed by atoms with Crippen LogP contribution in [0.1, 0.15) is 11.6 Å². The number of piperazine rings is 1. The van der Waals surface area contributed by atoms with E-state index >= 15 is 0 Å². The van der Waals surface area contributed by atoms with Crippen LogP contribution in [0.25, 0.3) is 0 Å². The standard InChI is InChI=1S/C14H20N6O2S/c1-18-7-8-20(14(11-18)13-5-3-2-4-6-13)23(21,22)10-9-19-12-15-16-17-19/h2-6,12,14H,7-11H2,1H3. The number of benzene rings is 1. The summed E-state index contributed by atoms with van der Waals surface area (Å²) in [6.07, 6.45) is 1.42. The normalized spacial score (nSPS) is 20.7. The Balaban J connectivity index is 1.79. The highest BCUT2D eigenvalue weighted by molar-refractivity contribution is 7.89. The van der Waals surface area contributed by atoms with Gasteiger partial charge in [-0.05, 0) is 23.0 Å². The van der Waals surface area contributed by atoms with Crippen molar-refractivity contribution in [2.45, 2.75) is 12.6 Å². The van der Waals surface area contributed by atoms with Crippen molar-refractivity contribution in [1.29, 1.82) is 0 Å². The van der Waals surface area contributed by atoms with Gasteiger partial charge in [0.05, 0.1) is 18.3 Å². The second kappa shape index (κ2) is 6.73. The van der Waals surface area contributed by atoms with Crippen LogP contribution in [0.4, 0.5) is 0 Å². The van der Waals surface area contributed by atoms with E-state index < -0.39 is 10.0 Å². The van der Waals surface area contributed by atoms with Crippen molar-refractivity contribution >= 4 is 10.0 Å². The maximum Gasteiger partial charge on any atom is 0.216 e. The molecule has 0 amide bonds. The zero-order valence-corrected chi connectivity index (χ0v) is 13.8. The molecule has 2 heterocycles. The lowest BCUT2D eigenvalue weighted by molar-refractivity contribution is 0.160. The molecule has 9 heteroatoms. The van der Waals surface area contributed by atoms with E-state index in [0.29, 0.717) is 13.1 Å². The Morgan fingerprint density at radius 2 is 2.00 bits per heavy atom. The average Bonchev–Trinajstić information content (AvgIpc) is 3.07. The van der Waals surface area contributed by atoms with Crippen molar-refractivity contribution in [3.8, 4) is 0 Å². The molecule has 1 saturated heterocycles. The van der Waals surface area contributed by atoms with Gasteiger partial charge in [-0.3, -0.25) is 0 Å². The topological polar surface area (TPSA) is 84.2 Å². The van der Waals surface area contributed by atoms with Crippen LogP contribution < -0.4 is 0 Å². The summed E-state index contributed by atoms with van der Waals surface area (Å²) in [4.78, 5) is 2.16. The molecule has 1 atom stereocenters. The number of aryl methyl sites for hydroxylation is 1. The van der Waals surface area contributed by atoms with Crippen LogP contribution in [0.5, 0.6) is 0 Å². The van der Waals surface area contributed by atoms with Crippen LogP contribution in [0, 0.1) is 0 Å². The molecule has 1 aromatic carbocycles. The van der Waals surface area contributed by atoms with Crippen LogP contribution in [0.3, 0.4) is 0 Å². The Hall–Kier alpha value is -1.84. The van der Waals surface area contributed by atoms with Crippen LogP contribution in [-0.2, 0) is 16.6 Å². The average molecular weight is 336 g/mol. The van der Waals surface area contributed by atoms with Crippen molar-refractivity contribution in [3.63, 3.8) is 0 Å². The van der Waals surface area contributed by atoms with Crippen molar-refractivity contribution in [1.82, 2.24) is 29.4 Å². The molecule has 0 spiro atoms. The van der Waals surface area contributed by atoms with Crippen LogP contribution in [0.2, 0.25) is 0 Å². The summed E-state index contributed by atoms with van der Waals surface area (Å²) >= 11 is 0. The van der Waals surface area contributed by atoms with E-state index in [1.54, 1.807) is 4.31 Å². The monoisotopic (exact) mass is 336 g/mol. The van der Waals surface area contributed by atoms with Gasteiger partial charge in [-0.1, -0.05) is 30.3 Å². The second-order valence-electron chi connectivity index (χ2n) is 5.69. The van der Waals surface area contributed by atoms with Crippen molar-refractivity contribution in [3.05, 3.63) is 42.2 Å². The maximum absolute atomic E-state index is 12.8. The molecule has 0 radical (unpaired) electrons. The van der Waals surface area contributed by atoms with E-state index in [9.17, 15) is 8.42 Å². The van der Waals surface area contributed by atoms with Crippen molar-refractivity contribution in [2.75, 3.05) is 32.4 Å². The second-order valence-corrected chi connectivity index (χ2v) is 7.73. The van der Waals surface area contributed by atoms with E-state index in [1.165, 1.54) is 11.0 Å². The minimum Gasteiger partial charge on any atom is -0.303 e. The SMILES string of the molecule is CN1CCN(S(=O)(=O)CCn2cnnn2)C(c2ccccc2)C1. The van der Waals surface area contributed by atoms with Crippen LogP contribution >= 0.6 is 0 Å². The Morgan fingerprint density at radius 1 is 1.22 bits per heavy atom. The van der Waals surface area contributed by atoms with Crippen molar-refractivity contribution in [2.24, 2.45) is 0 Å². The molecule has 124 valence electrons. The van der Waals surface area contributed by atoms with Crippen LogP contribution in [-0.4, -0.2) is 70.3 Å². The van der Waals surface area contributed by atoms with Crippen LogP contribution in [0.15, 0.2) is 36.7 Å². The largest absolute Gasteiger partial charge is 0.303 e. The van der Waals surface area contributed by atoms with Gasteiger partial charge < -0.3 is 4.90 Å². The number of aromatic nitrogens is 4. The maximum atomic E-state index is 12.8. The summed E-state index contributed by atoms with van der Waals surface area (Å²) < 4.78 is 28.6. The first-order chi connectivity index (χ1) is 11.1. The number of hydrogen-bond acceptors (Lipinski definition) is 6.